The van der Waals surface area contributed by atoms with Crippen molar-refractivity contribution in [1.29, 1.82) is 0 Å². The van der Waals surface area contributed by atoms with Crippen molar-refractivity contribution in [2.24, 2.45) is 0 Å². The molecule has 0 fully saturated rings. The van der Waals surface area contributed by atoms with Crippen molar-refractivity contribution in [2.45, 2.75) is 71.9 Å². The van der Waals surface area contributed by atoms with E-state index in [1.54, 1.807) is 16.9 Å². The first-order chi connectivity index (χ1) is 18.3. The summed E-state index contributed by atoms with van der Waals surface area (Å²) in [6.45, 7) is 14.1. The molecule has 0 aliphatic carbocycles. The molecule has 6 heteroatoms. The third-order valence-corrected chi connectivity index (χ3v) is 6.75. The van der Waals surface area contributed by atoms with E-state index < -0.39 is 17.4 Å². The minimum atomic E-state index is -0.739. The van der Waals surface area contributed by atoms with Crippen LogP contribution in [-0.2, 0) is 30.4 Å². The van der Waals surface area contributed by atoms with E-state index in [2.05, 4.69) is 64.8 Å². The molecule has 4 rings (SSSR count). The van der Waals surface area contributed by atoms with Crippen LogP contribution in [0.2, 0.25) is 0 Å². The van der Waals surface area contributed by atoms with Crippen molar-refractivity contribution < 1.29 is 18.3 Å². The first kappa shape index (κ1) is 28.2. The third-order valence-electron chi connectivity index (χ3n) is 6.75. The van der Waals surface area contributed by atoms with Crippen LogP contribution in [0.15, 0.2) is 72.9 Å². The average molecular weight is 531 g/mol. The van der Waals surface area contributed by atoms with Crippen LogP contribution < -0.4 is 4.74 Å². The highest BCUT2D eigenvalue weighted by Gasteiger charge is 2.21. The molecule has 1 aromatic heterocycles. The number of ether oxygens (including phenoxy) is 1. The lowest BCUT2D eigenvalue weighted by atomic mass is 9.79. The van der Waals surface area contributed by atoms with Crippen LogP contribution >= 0.6 is 0 Å². The molecule has 0 aliphatic heterocycles. The molecule has 0 N–H and O–H groups in total. The fraction of sp³-hybridized carbons (Fsp3) is 0.333. The molecule has 0 unspecified atom stereocenters. The summed E-state index contributed by atoms with van der Waals surface area (Å²) in [5.74, 6) is -1.20. The summed E-state index contributed by atoms with van der Waals surface area (Å²) in [4.78, 5) is 12.7. The molecule has 1 heterocycles. The first-order valence-electron chi connectivity index (χ1n) is 13.2. The van der Waals surface area contributed by atoms with Crippen LogP contribution in [0, 0.1) is 11.6 Å². The Bertz CT molecular complexity index is 1420. The number of ketones is 1. The highest BCUT2D eigenvalue weighted by molar-refractivity contribution is 5.95. The van der Waals surface area contributed by atoms with Crippen LogP contribution in [-0.4, -0.2) is 15.6 Å². The van der Waals surface area contributed by atoms with Crippen molar-refractivity contribution in [3.05, 3.63) is 118 Å². The van der Waals surface area contributed by atoms with E-state index in [1.165, 1.54) is 17.2 Å². The lowest BCUT2D eigenvalue weighted by Crippen LogP contribution is -2.17. The highest BCUT2D eigenvalue weighted by atomic mass is 19.1. The van der Waals surface area contributed by atoms with E-state index >= 15 is 0 Å². The van der Waals surface area contributed by atoms with Gasteiger partial charge in [-0.3, -0.25) is 9.48 Å². The van der Waals surface area contributed by atoms with E-state index in [1.807, 2.05) is 24.3 Å². The van der Waals surface area contributed by atoms with Gasteiger partial charge in [-0.25, -0.2) is 8.78 Å². The number of Topliss-reactive ketones (excluding diaryl/α,β-unsaturated/α-hetero) is 1. The molecule has 0 bridgehead atoms. The fourth-order valence-corrected chi connectivity index (χ4v) is 4.30. The Morgan fingerprint density at radius 3 is 2.08 bits per heavy atom. The van der Waals surface area contributed by atoms with Crippen LogP contribution in [0.3, 0.4) is 0 Å². The second kappa shape index (κ2) is 11.1. The standard InChI is InChI=1S/C33H36F2N2O2/c1-32(2,3)24-16-22(17-25(18-24)33(4,5)6)21-39-31-13-8-7-10-23(31)20-37-15-14-29(36-37)30(38)19-26-27(34)11-9-12-28(26)35/h7-18H,19-21H2,1-6H3. The third kappa shape index (κ3) is 6.99. The van der Waals surface area contributed by atoms with Gasteiger partial charge < -0.3 is 4.74 Å². The Morgan fingerprint density at radius 2 is 1.46 bits per heavy atom. The molecule has 39 heavy (non-hydrogen) atoms. The number of aromatic nitrogens is 2. The Balaban J connectivity index is 1.50. The van der Waals surface area contributed by atoms with Crippen LogP contribution in [0.1, 0.15) is 79.8 Å². The molecule has 0 radical (unpaired) electrons. The Labute approximate surface area is 229 Å². The second-order valence-electron chi connectivity index (χ2n) is 12.0. The number of hydrogen-bond donors (Lipinski definition) is 0. The van der Waals surface area contributed by atoms with Crippen LogP contribution in [0.25, 0.3) is 0 Å². The van der Waals surface area contributed by atoms with Gasteiger partial charge in [0.25, 0.3) is 0 Å². The number of carbonyl (C=O) groups is 1. The maximum absolute atomic E-state index is 14.0. The summed E-state index contributed by atoms with van der Waals surface area (Å²) in [7, 11) is 0. The number of para-hydroxylation sites is 1. The van der Waals surface area contributed by atoms with Gasteiger partial charge in [0.15, 0.2) is 5.78 Å². The van der Waals surface area contributed by atoms with E-state index in [0.29, 0.717) is 13.2 Å². The second-order valence-corrected chi connectivity index (χ2v) is 12.0. The van der Waals surface area contributed by atoms with Crippen molar-refractivity contribution in [1.82, 2.24) is 9.78 Å². The highest BCUT2D eigenvalue weighted by Crippen LogP contribution is 2.31. The molecular weight excluding hydrogens is 494 g/mol. The minimum absolute atomic E-state index is 0.0151. The van der Waals surface area contributed by atoms with E-state index in [-0.39, 0.29) is 28.5 Å². The van der Waals surface area contributed by atoms with Gasteiger partial charge >= 0.3 is 0 Å². The molecule has 0 aliphatic rings. The van der Waals surface area contributed by atoms with Gasteiger partial charge in [-0.2, -0.15) is 5.10 Å². The van der Waals surface area contributed by atoms with Gasteiger partial charge in [0.2, 0.25) is 0 Å². The predicted octanol–water partition coefficient (Wildman–Crippen LogP) is 7.81. The van der Waals surface area contributed by atoms with Gasteiger partial charge in [0.05, 0.1) is 6.54 Å². The Kier molecular flexibility index (Phi) is 8.05. The number of nitrogens with zero attached hydrogens (tertiary/aromatic N) is 2. The maximum atomic E-state index is 14.0. The monoisotopic (exact) mass is 530 g/mol. The summed E-state index contributed by atoms with van der Waals surface area (Å²) in [5.41, 5.74) is 4.49. The number of hydrogen-bond acceptors (Lipinski definition) is 3. The van der Waals surface area contributed by atoms with Crippen molar-refractivity contribution in [3.8, 4) is 5.75 Å². The zero-order chi connectivity index (χ0) is 28.4. The average Bonchev–Trinajstić information content (AvgIpc) is 3.33. The first-order valence-corrected chi connectivity index (χ1v) is 13.2. The topological polar surface area (TPSA) is 44.1 Å². The molecule has 0 atom stereocenters. The maximum Gasteiger partial charge on any atom is 0.187 e. The molecular formula is C33H36F2N2O2. The Hall–Kier alpha value is -3.80. The summed E-state index contributed by atoms with van der Waals surface area (Å²) in [6, 6.07) is 19.6. The number of rotatable bonds is 8. The molecule has 0 saturated heterocycles. The molecule has 0 saturated carbocycles. The molecule has 4 nitrogen and oxygen atoms in total. The van der Waals surface area contributed by atoms with Gasteiger partial charge in [0.1, 0.15) is 29.7 Å². The fourth-order valence-electron chi connectivity index (χ4n) is 4.30. The van der Waals surface area contributed by atoms with Gasteiger partial charge in [0, 0.05) is 23.7 Å². The van der Waals surface area contributed by atoms with Crippen molar-refractivity contribution in [3.63, 3.8) is 0 Å². The van der Waals surface area contributed by atoms with Crippen molar-refractivity contribution >= 4 is 5.78 Å². The summed E-state index contributed by atoms with van der Waals surface area (Å²) >= 11 is 0. The smallest absolute Gasteiger partial charge is 0.187 e. The molecule has 204 valence electrons. The zero-order valence-electron chi connectivity index (χ0n) is 23.5. The number of carbonyl (C=O) groups excluding carboxylic acids is 1. The summed E-state index contributed by atoms with van der Waals surface area (Å²) < 4.78 is 35.9. The SMILES string of the molecule is CC(C)(C)c1cc(COc2ccccc2Cn2ccc(C(=O)Cc3c(F)cccc3F)n2)cc(C(C)(C)C)c1. The van der Waals surface area contributed by atoms with Gasteiger partial charge in [-0.15, -0.1) is 0 Å². The molecule has 3 aromatic carbocycles. The lowest BCUT2D eigenvalue weighted by Gasteiger charge is -2.26. The van der Waals surface area contributed by atoms with Gasteiger partial charge in [-0.05, 0) is 51.8 Å². The van der Waals surface area contributed by atoms with Gasteiger partial charge in [-0.1, -0.05) is 84.0 Å². The Morgan fingerprint density at radius 1 is 0.846 bits per heavy atom. The van der Waals surface area contributed by atoms with E-state index in [9.17, 15) is 13.6 Å². The molecule has 4 aromatic rings. The predicted molar refractivity (Wildman–Crippen MR) is 150 cm³/mol. The van der Waals surface area contributed by atoms with E-state index in [0.717, 1.165) is 29.0 Å². The summed E-state index contributed by atoms with van der Waals surface area (Å²) in [6.07, 6.45) is 1.30. The normalized spacial score (nSPS) is 12.0. The van der Waals surface area contributed by atoms with E-state index in [4.69, 9.17) is 4.74 Å². The number of benzene rings is 3. The quantitative estimate of drug-likeness (QED) is 0.218. The zero-order valence-corrected chi connectivity index (χ0v) is 23.5. The largest absolute Gasteiger partial charge is 0.489 e. The molecule has 0 amide bonds. The van der Waals surface area contributed by atoms with Crippen molar-refractivity contribution in [2.75, 3.05) is 0 Å². The van der Waals surface area contributed by atoms with Crippen LogP contribution in [0.5, 0.6) is 5.75 Å². The molecule has 0 spiro atoms. The van der Waals surface area contributed by atoms with Crippen LogP contribution in [0.4, 0.5) is 8.78 Å². The summed E-state index contributed by atoms with van der Waals surface area (Å²) in [5, 5.41) is 4.36. The number of halogens is 2. The lowest BCUT2D eigenvalue weighted by molar-refractivity contribution is 0.0985. The minimum Gasteiger partial charge on any atom is -0.489 e.